The van der Waals surface area contributed by atoms with E-state index in [2.05, 4.69) is 20.0 Å². The maximum Gasteiger partial charge on any atom is 0.328 e. The van der Waals surface area contributed by atoms with E-state index in [1.165, 1.54) is 32.0 Å². The van der Waals surface area contributed by atoms with Crippen LogP contribution in [0.3, 0.4) is 0 Å². The number of ether oxygens (including phenoxy) is 1. The number of amides is 1. The highest BCUT2D eigenvalue weighted by molar-refractivity contribution is 7.98. The summed E-state index contributed by atoms with van der Waals surface area (Å²) in [5.41, 5.74) is 1.05. The average Bonchev–Trinajstić information content (AvgIpc) is 2.61. The summed E-state index contributed by atoms with van der Waals surface area (Å²) < 4.78 is 4.57. The summed E-state index contributed by atoms with van der Waals surface area (Å²) in [6.45, 7) is 1.51. The van der Waals surface area contributed by atoms with Crippen LogP contribution in [0.4, 0.5) is 0 Å². The van der Waals surface area contributed by atoms with E-state index in [1.807, 2.05) is 12.1 Å². The highest BCUT2D eigenvalue weighted by Crippen LogP contribution is 2.22. The van der Waals surface area contributed by atoms with E-state index in [1.54, 1.807) is 12.1 Å². The molecule has 6 nitrogen and oxygen atoms in total. The fourth-order valence-corrected chi connectivity index (χ4v) is 2.88. The van der Waals surface area contributed by atoms with Gasteiger partial charge in [0, 0.05) is 10.8 Å². The number of thioether (sulfide) groups is 1. The number of aromatic nitrogens is 2. The topological polar surface area (TPSA) is 81.2 Å². The maximum atomic E-state index is 12.2. The number of nitrogens with one attached hydrogen (secondary N) is 1. The van der Waals surface area contributed by atoms with Crippen LogP contribution >= 0.6 is 35.0 Å². The molecule has 0 fully saturated rings. The Morgan fingerprint density at radius 2 is 1.96 bits per heavy atom. The number of carbonyl (C=O) groups excluding carboxylic acids is 2. The molecule has 1 aromatic carbocycles. The zero-order valence-electron chi connectivity index (χ0n) is 13.5. The van der Waals surface area contributed by atoms with Gasteiger partial charge in [-0.25, -0.2) is 14.8 Å². The molecule has 2 rings (SSSR count). The molecule has 1 heterocycles. The molecule has 1 atom stereocenters. The van der Waals surface area contributed by atoms with Gasteiger partial charge in [-0.2, -0.15) is 0 Å². The fourth-order valence-electron chi connectivity index (χ4n) is 1.81. The van der Waals surface area contributed by atoms with Gasteiger partial charge in [0.25, 0.3) is 5.91 Å². The predicted octanol–water partition coefficient (Wildman–Crippen LogP) is 3.37. The van der Waals surface area contributed by atoms with Crippen molar-refractivity contribution >= 4 is 46.8 Å². The molecule has 0 saturated carbocycles. The SMILES string of the molecule is COC(=O)C(C)NC(=O)c1nc(SCc2ccc(Cl)cc2)ncc1Cl. The third kappa shape index (κ3) is 5.59. The summed E-state index contributed by atoms with van der Waals surface area (Å²) in [6, 6.07) is 6.59. The van der Waals surface area contributed by atoms with Crippen LogP contribution < -0.4 is 5.32 Å². The Bertz CT molecular complexity index is 772. The molecule has 1 unspecified atom stereocenters. The molecule has 0 saturated heterocycles. The number of benzene rings is 1. The Labute approximate surface area is 159 Å². The fraction of sp³-hybridized carbons (Fsp3) is 0.250. The molecule has 1 amide bonds. The Kier molecular flexibility index (Phi) is 7.04. The van der Waals surface area contributed by atoms with Gasteiger partial charge < -0.3 is 10.1 Å². The lowest BCUT2D eigenvalue weighted by molar-refractivity contribution is -0.142. The van der Waals surface area contributed by atoms with Crippen molar-refractivity contribution in [3.63, 3.8) is 0 Å². The molecular weight excluding hydrogens is 385 g/mol. The number of halogens is 2. The number of hydrogen-bond acceptors (Lipinski definition) is 6. The van der Waals surface area contributed by atoms with Gasteiger partial charge in [-0.1, -0.05) is 47.1 Å². The highest BCUT2D eigenvalue weighted by Gasteiger charge is 2.20. The van der Waals surface area contributed by atoms with Crippen molar-refractivity contribution in [3.8, 4) is 0 Å². The monoisotopic (exact) mass is 399 g/mol. The van der Waals surface area contributed by atoms with Gasteiger partial charge in [0.15, 0.2) is 10.9 Å². The lowest BCUT2D eigenvalue weighted by Gasteiger charge is -2.12. The molecule has 1 N–H and O–H groups in total. The van der Waals surface area contributed by atoms with E-state index < -0.39 is 17.9 Å². The van der Waals surface area contributed by atoms with Crippen molar-refractivity contribution in [1.82, 2.24) is 15.3 Å². The van der Waals surface area contributed by atoms with Crippen molar-refractivity contribution < 1.29 is 14.3 Å². The summed E-state index contributed by atoms with van der Waals surface area (Å²) >= 11 is 13.2. The lowest BCUT2D eigenvalue weighted by Crippen LogP contribution is -2.39. The van der Waals surface area contributed by atoms with Crippen molar-refractivity contribution in [2.45, 2.75) is 23.9 Å². The third-order valence-electron chi connectivity index (χ3n) is 3.12. The van der Waals surface area contributed by atoms with Crippen LogP contribution in [0.15, 0.2) is 35.6 Å². The van der Waals surface area contributed by atoms with E-state index in [0.29, 0.717) is 15.9 Å². The van der Waals surface area contributed by atoms with Crippen LogP contribution in [-0.4, -0.2) is 35.0 Å². The zero-order valence-corrected chi connectivity index (χ0v) is 15.8. The van der Waals surface area contributed by atoms with Crippen molar-refractivity contribution in [2.75, 3.05) is 7.11 Å². The standard InChI is InChI=1S/C16H15Cl2N3O3S/c1-9(15(23)24-2)20-14(22)13-12(18)7-19-16(21-13)25-8-10-3-5-11(17)6-4-10/h3-7,9H,8H2,1-2H3,(H,20,22). The van der Waals surface area contributed by atoms with Crippen molar-refractivity contribution in [2.24, 2.45) is 0 Å². The number of methoxy groups -OCH3 is 1. The van der Waals surface area contributed by atoms with Crippen LogP contribution in [0.1, 0.15) is 23.0 Å². The molecule has 0 radical (unpaired) electrons. The van der Waals surface area contributed by atoms with E-state index in [0.717, 1.165) is 5.56 Å². The number of carbonyl (C=O) groups is 2. The summed E-state index contributed by atoms with van der Waals surface area (Å²) in [5, 5.41) is 3.65. The summed E-state index contributed by atoms with van der Waals surface area (Å²) in [4.78, 5) is 31.9. The van der Waals surface area contributed by atoms with Crippen LogP contribution in [0.5, 0.6) is 0 Å². The van der Waals surface area contributed by atoms with E-state index in [4.69, 9.17) is 23.2 Å². The summed E-state index contributed by atoms with van der Waals surface area (Å²) in [7, 11) is 1.24. The van der Waals surface area contributed by atoms with Gasteiger partial charge in [-0.3, -0.25) is 4.79 Å². The van der Waals surface area contributed by atoms with Gasteiger partial charge in [0.1, 0.15) is 6.04 Å². The lowest BCUT2D eigenvalue weighted by atomic mass is 10.2. The minimum absolute atomic E-state index is 0.00558. The molecule has 25 heavy (non-hydrogen) atoms. The Morgan fingerprint density at radius 3 is 2.60 bits per heavy atom. The molecule has 1 aromatic heterocycles. The zero-order chi connectivity index (χ0) is 18.4. The summed E-state index contributed by atoms with van der Waals surface area (Å²) in [5.74, 6) is -0.521. The second-order valence-electron chi connectivity index (χ2n) is 4.98. The van der Waals surface area contributed by atoms with Crippen molar-refractivity contribution in [3.05, 3.63) is 51.8 Å². The minimum Gasteiger partial charge on any atom is -0.467 e. The van der Waals surface area contributed by atoms with Crippen LogP contribution in [0, 0.1) is 0 Å². The van der Waals surface area contributed by atoms with Crippen molar-refractivity contribution in [1.29, 1.82) is 0 Å². The second-order valence-corrected chi connectivity index (χ2v) is 6.77. The minimum atomic E-state index is -0.811. The first-order chi connectivity index (χ1) is 11.9. The van der Waals surface area contributed by atoms with E-state index in [-0.39, 0.29) is 10.7 Å². The molecule has 2 aromatic rings. The number of rotatable bonds is 6. The van der Waals surface area contributed by atoms with Gasteiger partial charge in [-0.15, -0.1) is 0 Å². The van der Waals surface area contributed by atoms with Crippen LogP contribution in [0.25, 0.3) is 0 Å². The van der Waals surface area contributed by atoms with E-state index >= 15 is 0 Å². The molecule has 0 aliphatic carbocycles. The van der Waals surface area contributed by atoms with Gasteiger partial charge in [0.2, 0.25) is 0 Å². The third-order valence-corrected chi connectivity index (χ3v) is 4.58. The molecular formula is C16H15Cl2N3O3S. The Morgan fingerprint density at radius 1 is 1.28 bits per heavy atom. The molecule has 132 valence electrons. The number of hydrogen-bond donors (Lipinski definition) is 1. The molecule has 0 aliphatic heterocycles. The highest BCUT2D eigenvalue weighted by atomic mass is 35.5. The van der Waals surface area contributed by atoms with Gasteiger partial charge in [0.05, 0.1) is 18.3 Å². The first-order valence-corrected chi connectivity index (χ1v) is 8.93. The normalized spacial score (nSPS) is 11.7. The predicted molar refractivity (Wildman–Crippen MR) is 97.0 cm³/mol. The smallest absolute Gasteiger partial charge is 0.328 e. The molecule has 9 heteroatoms. The molecule has 0 bridgehead atoms. The second kappa shape index (κ2) is 9.03. The largest absolute Gasteiger partial charge is 0.467 e. The van der Waals surface area contributed by atoms with Crippen LogP contribution in [-0.2, 0) is 15.3 Å². The Balaban J connectivity index is 2.07. The number of nitrogens with zero attached hydrogens (tertiary/aromatic N) is 2. The quantitative estimate of drug-likeness (QED) is 0.455. The summed E-state index contributed by atoms with van der Waals surface area (Å²) in [6.07, 6.45) is 1.36. The Hall–Kier alpha value is -1.83. The number of esters is 1. The van der Waals surface area contributed by atoms with Crippen LogP contribution in [0.2, 0.25) is 10.0 Å². The van der Waals surface area contributed by atoms with Gasteiger partial charge >= 0.3 is 5.97 Å². The first-order valence-electron chi connectivity index (χ1n) is 7.19. The maximum absolute atomic E-state index is 12.2. The first kappa shape index (κ1) is 19.5. The van der Waals surface area contributed by atoms with E-state index in [9.17, 15) is 9.59 Å². The molecule has 0 spiro atoms. The molecule has 0 aliphatic rings. The van der Waals surface area contributed by atoms with Gasteiger partial charge in [-0.05, 0) is 24.6 Å². The average molecular weight is 400 g/mol.